The van der Waals surface area contributed by atoms with E-state index in [4.69, 9.17) is 4.52 Å². The summed E-state index contributed by atoms with van der Waals surface area (Å²) in [5, 5.41) is 19.5. The first-order chi connectivity index (χ1) is 9.78. The molecule has 1 aliphatic carbocycles. The molecule has 1 aromatic heterocycles. The zero-order valence-electron chi connectivity index (χ0n) is 13.0. The third-order valence-electron chi connectivity index (χ3n) is 3.85. The molecule has 0 saturated heterocycles. The predicted molar refractivity (Wildman–Crippen MR) is 80.3 cm³/mol. The molecule has 6 nitrogen and oxygen atoms in total. The number of aromatic nitrogens is 1. The number of rotatable bonds is 3. The highest BCUT2D eigenvalue weighted by molar-refractivity contribution is 5.88. The number of carbonyl (C=O) groups is 1. The molecule has 0 radical (unpaired) electrons. The Balaban J connectivity index is 1.83. The molecule has 118 valence electrons. The highest BCUT2D eigenvalue weighted by atomic mass is 16.5. The Kier molecular flexibility index (Phi) is 4.56. The van der Waals surface area contributed by atoms with Crippen LogP contribution in [0, 0.1) is 0 Å². The molecule has 0 spiro atoms. The number of hydrogen-bond acceptors (Lipinski definition) is 4. The number of anilines is 1. The minimum Gasteiger partial charge on any atom is -0.388 e. The number of carbonyl (C=O) groups excluding carboxylic acids is 1. The van der Waals surface area contributed by atoms with Crippen molar-refractivity contribution in [2.24, 2.45) is 0 Å². The topological polar surface area (TPSA) is 87.4 Å². The summed E-state index contributed by atoms with van der Waals surface area (Å²) in [4.78, 5) is 11.8. The van der Waals surface area contributed by atoms with E-state index in [-0.39, 0.29) is 18.0 Å². The van der Waals surface area contributed by atoms with Gasteiger partial charge in [0, 0.05) is 18.0 Å². The van der Waals surface area contributed by atoms with Gasteiger partial charge >= 0.3 is 6.03 Å². The fourth-order valence-electron chi connectivity index (χ4n) is 2.48. The van der Waals surface area contributed by atoms with Crippen LogP contribution in [-0.2, 0) is 5.41 Å². The Morgan fingerprint density at radius 3 is 2.62 bits per heavy atom. The van der Waals surface area contributed by atoms with E-state index in [2.05, 4.69) is 15.8 Å². The van der Waals surface area contributed by atoms with Gasteiger partial charge in [0.2, 0.25) is 0 Å². The van der Waals surface area contributed by atoms with E-state index < -0.39 is 5.60 Å². The Hall–Kier alpha value is -1.56. The summed E-state index contributed by atoms with van der Waals surface area (Å²) in [7, 11) is 0. The van der Waals surface area contributed by atoms with Crippen molar-refractivity contribution in [2.75, 3.05) is 11.9 Å². The van der Waals surface area contributed by atoms with Crippen LogP contribution < -0.4 is 10.6 Å². The number of nitrogens with zero attached hydrogens (tertiary/aromatic N) is 1. The van der Waals surface area contributed by atoms with Crippen LogP contribution in [0.5, 0.6) is 0 Å². The molecule has 6 heteroatoms. The second kappa shape index (κ2) is 6.05. The van der Waals surface area contributed by atoms with Crippen LogP contribution in [0.4, 0.5) is 10.6 Å². The molecule has 3 N–H and O–H groups in total. The summed E-state index contributed by atoms with van der Waals surface area (Å²) in [5.41, 5.74) is -0.920. The molecule has 1 aromatic rings. The second-order valence-electron chi connectivity index (χ2n) is 6.92. The van der Waals surface area contributed by atoms with E-state index in [9.17, 15) is 9.90 Å². The van der Waals surface area contributed by atoms with Gasteiger partial charge in [0.15, 0.2) is 5.82 Å². The molecule has 1 saturated carbocycles. The monoisotopic (exact) mass is 295 g/mol. The zero-order valence-corrected chi connectivity index (χ0v) is 13.0. The van der Waals surface area contributed by atoms with E-state index in [1.165, 1.54) is 0 Å². The maximum atomic E-state index is 11.8. The van der Waals surface area contributed by atoms with Crippen molar-refractivity contribution in [3.05, 3.63) is 11.8 Å². The Bertz CT molecular complexity index is 485. The summed E-state index contributed by atoms with van der Waals surface area (Å²) in [6.07, 6.45) is 4.66. The second-order valence-corrected chi connectivity index (χ2v) is 6.92. The summed E-state index contributed by atoms with van der Waals surface area (Å²) >= 11 is 0. The molecule has 0 aliphatic heterocycles. The molecule has 0 atom stereocenters. The smallest absolute Gasteiger partial charge is 0.320 e. The molecule has 0 aromatic carbocycles. The molecule has 21 heavy (non-hydrogen) atoms. The summed E-state index contributed by atoms with van der Waals surface area (Å²) < 4.78 is 5.20. The number of urea groups is 1. The van der Waals surface area contributed by atoms with E-state index in [1.807, 2.05) is 20.8 Å². The standard InChI is InChI=1S/C15H25N3O3/c1-14(2,3)11-9-12(18-21-11)17-13(19)16-10-15(20)7-5-4-6-8-15/h9,20H,4-8,10H2,1-3H3,(H2,16,17,18,19). The highest BCUT2D eigenvalue weighted by Gasteiger charge is 2.29. The van der Waals surface area contributed by atoms with Gasteiger partial charge in [-0.1, -0.05) is 45.2 Å². The van der Waals surface area contributed by atoms with Crippen molar-refractivity contribution in [1.29, 1.82) is 0 Å². The molecular formula is C15H25N3O3. The average Bonchev–Trinajstić information content (AvgIpc) is 2.86. The molecular weight excluding hydrogens is 270 g/mol. The van der Waals surface area contributed by atoms with Gasteiger partial charge in [-0.3, -0.25) is 5.32 Å². The lowest BCUT2D eigenvalue weighted by atomic mass is 9.85. The van der Waals surface area contributed by atoms with E-state index >= 15 is 0 Å². The van der Waals surface area contributed by atoms with Crippen LogP contribution >= 0.6 is 0 Å². The molecule has 2 rings (SSSR count). The SMILES string of the molecule is CC(C)(C)c1cc(NC(=O)NCC2(O)CCCCC2)no1. The van der Waals surface area contributed by atoms with Crippen LogP contribution in [0.3, 0.4) is 0 Å². The fourth-order valence-corrected chi connectivity index (χ4v) is 2.48. The first-order valence-electron chi connectivity index (χ1n) is 7.53. The van der Waals surface area contributed by atoms with Crippen molar-refractivity contribution in [1.82, 2.24) is 10.5 Å². The molecule has 1 heterocycles. The van der Waals surface area contributed by atoms with Crippen LogP contribution in [0.2, 0.25) is 0 Å². The summed E-state index contributed by atoms with van der Waals surface area (Å²) in [6, 6.07) is 1.34. The van der Waals surface area contributed by atoms with Crippen molar-refractivity contribution in [3.8, 4) is 0 Å². The number of hydrogen-bond donors (Lipinski definition) is 3. The van der Waals surface area contributed by atoms with Gasteiger partial charge in [-0.2, -0.15) is 0 Å². The quantitative estimate of drug-likeness (QED) is 0.800. The first-order valence-corrected chi connectivity index (χ1v) is 7.53. The number of nitrogens with one attached hydrogen (secondary N) is 2. The van der Waals surface area contributed by atoms with E-state index in [1.54, 1.807) is 6.07 Å². The van der Waals surface area contributed by atoms with Crippen LogP contribution in [-0.4, -0.2) is 28.4 Å². The van der Waals surface area contributed by atoms with Gasteiger partial charge in [-0.05, 0) is 12.8 Å². The van der Waals surface area contributed by atoms with Crippen LogP contribution in [0.1, 0.15) is 58.6 Å². The zero-order chi connectivity index (χ0) is 15.5. The van der Waals surface area contributed by atoms with Crippen molar-refractivity contribution in [2.45, 2.75) is 63.9 Å². The lowest BCUT2D eigenvalue weighted by Gasteiger charge is -2.31. The lowest BCUT2D eigenvalue weighted by Crippen LogP contribution is -2.45. The third kappa shape index (κ3) is 4.46. The van der Waals surface area contributed by atoms with E-state index in [0.29, 0.717) is 11.6 Å². The molecule has 0 unspecified atom stereocenters. The fraction of sp³-hybridized carbons (Fsp3) is 0.733. The van der Waals surface area contributed by atoms with Crippen LogP contribution in [0.25, 0.3) is 0 Å². The van der Waals surface area contributed by atoms with Gasteiger partial charge in [0.05, 0.1) is 5.60 Å². The summed E-state index contributed by atoms with van der Waals surface area (Å²) in [6.45, 7) is 6.30. The number of aliphatic hydroxyl groups is 1. The van der Waals surface area contributed by atoms with Gasteiger partial charge < -0.3 is 14.9 Å². The minimum absolute atomic E-state index is 0.152. The molecule has 0 bridgehead atoms. The van der Waals surface area contributed by atoms with Gasteiger partial charge in [0.1, 0.15) is 5.76 Å². The van der Waals surface area contributed by atoms with Gasteiger partial charge in [-0.25, -0.2) is 4.79 Å². The molecule has 1 aliphatic rings. The van der Waals surface area contributed by atoms with Crippen molar-refractivity contribution >= 4 is 11.8 Å². The largest absolute Gasteiger partial charge is 0.388 e. The maximum absolute atomic E-state index is 11.8. The van der Waals surface area contributed by atoms with Crippen molar-refractivity contribution < 1.29 is 14.4 Å². The Labute approximate surface area is 125 Å². The Morgan fingerprint density at radius 1 is 1.38 bits per heavy atom. The minimum atomic E-state index is -0.768. The average molecular weight is 295 g/mol. The summed E-state index contributed by atoms with van der Waals surface area (Å²) in [5.74, 6) is 1.09. The number of amides is 2. The van der Waals surface area contributed by atoms with Gasteiger partial charge in [0.25, 0.3) is 0 Å². The normalized spacial score (nSPS) is 18.3. The van der Waals surface area contributed by atoms with E-state index in [0.717, 1.165) is 32.1 Å². The molecule has 2 amide bonds. The van der Waals surface area contributed by atoms with Crippen LogP contribution in [0.15, 0.2) is 10.6 Å². The highest BCUT2D eigenvalue weighted by Crippen LogP contribution is 2.27. The Morgan fingerprint density at radius 2 is 2.05 bits per heavy atom. The first kappa shape index (κ1) is 15.8. The van der Waals surface area contributed by atoms with Gasteiger partial charge in [-0.15, -0.1) is 0 Å². The third-order valence-corrected chi connectivity index (χ3v) is 3.85. The predicted octanol–water partition coefficient (Wildman–Crippen LogP) is 2.79. The molecule has 1 fully saturated rings. The maximum Gasteiger partial charge on any atom is 0.320 e. The lowest BCUT2D eigenvalue weighted by molar-refractivity contribution is 0.00755. The van der Waals surface area contributed by atoms with Crippen molar-refractivity contribution in [3.63, 3.8) is 0 Å².